The summed E-state index contributed by atoms with van der Waals surface area (Å²) in [7, 11) is 0. The van der Waals surface area contributed by atoms with E-state index in [0.29, 0.717) is 11.5 Å². The van der Waals surface area contributed by atoms with Crippen molar-refractivity contribution in [3.63, 3.8) is 0 Å². The number of carbonyl (C=O) groups excluding carboxylic acids is 1. The lowest BCUT2D eigenvalue weighted by Crippen LogP contribution is -2.26. The average Bonchev–Trinajstić information content (AvgIpc) is 2.36. The zero-order valence-electron chi connectivity index (χ0n) is 7.47. The number of rotatable bonds is 1. The monoisotopic (exact) mass is 194 g/mol. The van der Waals surface area contributed by atoms with Gasteiger partial charge in [0.05, 0.1) is 6.61 Å². The minimum atomic E-state index is -0.595. The molecule has 1 aromatic rings. The minimum absolute atomic E-state index is 0.159. The van der Waals surface area contributed by atoms with Gasteiger partial charge in [-0.3, -0.25) is 4.79 Å². The molecule has 1 aliphatic rings. The number of hydrogen-bond acceptors (Lipinski definition) is 4. The molecule has 0 radical (unpaired) electrons. The van der Waals surface area contributed by atoms with Crippen LogP contribution >= 0.6 is 0 Å². The van der Waals surface area contributed by atoms with E-state index in [-0.39, 0.29) is 13.2 Å². The largest absolute Gasteiger partial charge is 0.489 e. The van der Waals surface area contributed by atoms with Crippen molar-refractivity contribution in [2.75, 3.05) is 13.2 Å². The Labute approximate surface area is 81.1 Å². The highest BCUT2D eigenvalue weighted by atomic mass is 16.6. The molecule has 1 heterocycles. The molecule has 0 aromatic heterocycles. The molecule has 2 rings (SSSR count). The van der Waals surface area contributed by atoms with Gasteiger partial charge in [0.2, 0.25) is 0 Å². The third kappa shape index (κ3) is 1.56. The van der Waals surface area contributed by atoms with Crippen molar-refractivity contribution in [3.05, 3.63) is 24.3 Å². The summed E-state index contributed by atoms with van der Waals surface area (Å²) in [6, 6.07) is 6.94. The molecule has 0 saturated heterocycles. The van der Waals surface area contributed by atoms with Gasteiger partial charge in [-0.2, -0.15) is 0 Å². The van der Waals surface area contributed by atoms with Crippen LogP contribution in [0, 0.1) is 5.92 Å². The van der Waals surface area contributed by atoms with Crippen molar-refractivity contribution in [1.29, 1.82) is 0 Å². The van der Waals surface area contributed by atoms with Crippen LogP contribution in [-0.2, 0) is 4.79 Å². The summed E-state index contributed by atoms with van der Waals surface area (Å²) in [4.78, 5) is 11.3. The van der Waals surface area contributed by atoms with Gasteiger partial charge in [-0.15, -0.1) is 0 Å². The first kappa shape index (κ1) is 9.02. The number of para-hydroxylation sites is 2. The molecular weight excluding hydrogens is 184 g/mol. The molecule has 1 N–H and O–H groups in total. The van der Waals surface area contributed by atoms with Crippen LogP contribution in [0.4, 0.5) is 0 Å². The average molecular weight is 194 g/mol. The third-order valence-electron chi connectivity index (χ3n) is 2.05. The lowest BCUT2D eigenvalue weighted by Gasteiger charge is -2.06. The van der Waals surface area contributed by atoms with E-state index in [9.17, 15) is 4.79 Å². The Balaban J connectivity index is 2.28. The first-order valence-corrected chi connectivity index (χ1v) is 4.35. The number of fused-ring (bicyclic) bond motifs is 1. The smallest absolute Gasteiger partial charge is 0.320 e. The van der Waals surface area contributed by atoms with E-state index in [2.05, 4.69) is 0 Å². The number of ether oxygens (including phenoxy) is 2. The van der Waals surface area contributed by atoms with Crippen LogP contribution in [0.2, 0.25) is 0 Å². The van der Waals surface area contributed by atoms with E-state index in [4.69, 9.17) is 14.6 Å². The molecule has 74 valence electrons. The van der Waals surface area contributed by atoms with E-state index in [1.807, 2.05) is 0 Å². The molecule has 1 aliphatic heterocycles. The summed E-state index contributed by atoms with van der Waals surface area (Å²) in [5.41, 5.74) is 0. The Kier molecular flexibility index (Phi) is 2.37. The quantitative estimate of drug-likeness (QED) is 0.525. The van der Waals surface area contributed by atoms with E-state index >= 15 is 0 Å². The first-order valence-electron chi connectivity index (χ1n) is 4.35. The first-order chi connectivity index (χ1) is 6.81. The maximum atomic E-state index is 11.3. The SMILES string of the molecule is O=C1Oc2ccccc2OCC1CO. The predicted molar refractivity (Wildman–Crippen MR) is 48.1 cm³/mol. The highest BCUT2D eigenvalue weighted by Gasteiger charge is 2.25. The fourth-order valence-electron chi connectivity index (χ4n) is 1.23. The normalized spacial score (nSPS) is 20.4. The second-order valence-electron chi connectivity index (χ2n) is 3.06. The highest BCUT2D eigenvalue weighted by Crippen LogP contribution is 2.29. The van der Waals surface area contributed by atoms with Gasteiger partial charge in [0.15, 0.2) is 11.5 Å². The fraction of sp³-hybridized carbons (Fsp3) is 0.300. The number of carbonyl (C=O) groups is 1. The molecule has 4 heteroatoms. The minimum Gasteiger partial charge on any atom is -0.489 e. The second-order valence-corrected chi connectivity index (χ2v) is 3.06. The van der Waals surface area contributed by atoms with Crippen molar-refractivity contribution in [2.45, 2.75) is 0 Å². The zero-order valence-corrected chi connectivity index (χ0v) is 7.47. The molecule has 1 atom stereocenters. The Morgan fingerprint density at radius 1 is 1.36 bits per heavy atom. The standard InChI is InChI=1S/C10H10O4/c11-5-7-6-13-8-3-1-2-4-9(8)14-10(7)12/h1-4,7,11H,5-6H2. The number of aliphatic hydroxyl groups is 1. The number of esters is 1. The lowest BCUT2D eigenvalue weighted by molar-refractivity contribution is -0.140. The van der Waals surface area contributed by atoms with Crippen molar-refractivity contribution < 1.29 is 19.4 Å². The van der Waals surface area contributed by atoms with Crippen LogP contribution in [-0.4, -0.2) is 24.3 Å². The molecule has 1 aromatic carbocycles. The molecular formula is C10H10O4. The Bertz CT molecular complexity index is 348. The van der Waals surface area contributed by atoms with Gasteiger partial charge in [0, 0.05) is 0 Å². The summed E-state index contributed by atoms with van der Waals surface area (Å²) in [5.74, 6) is -0.0925. The number of hydrogen-bond donors (Lipinski definition) is 1. The van der Waals surface area contributed by atoms with Gasteiger partial charge >= 0.3 is 5.97 Å². The number of benzene rings is 1. The van der Waals surface area contributed by atoms with Crippen LogP contribution in [0.5, 0.6) is 11.5 Å². The van der Waals surface area contributed by atoms with E-state index in [0.717, 1.165) is 0 Å². The third-order valence-corrected chi connectivity index (χ3v) is 2.05. The van der Waals surface area contributed by atoms with Crippen LogP contribution in [0.1, 0.15) is 0 Å². The molecule has 0 spiro atoms. The molecule has 0 amide bonds. The van der Waals surface area contributed by atoms with Gasteiger partial charge in [-0.1, -0.05) is 12.1 Å². The van der Waals surface area contributed by atoms with Crippen molar-refractivity contribution in [1.82, 2.24) is 0 Å². The zero-order chi connectivity index (χ0) is 9.97. The summed E-state index contributed by atoms with van der Waals surface area (Å²) < 4.78 is 10.4. The molecule has 0 bridgehead atoms. The lowest BCUT2D eigenvalue weighted by atomic mass is 10.2. The summed E-state index contributed by atoms with van der Waals surface area (Å²) >= 11 is 0. The topological polar surface area (TPSA) is 55.8 Å². The van der Waals surface area contributed by atoms with Crippen molar-refractivity contribution >= 4 is 5.97 Å². The molecule has 14 heavy (non-hydrogen) atoms. The van der Waals surface area contributed by atoms with Gasteiger partial charge in [-0.05, 0) is 12.1 Å². The summed E-state index contributed by atoms with van der Waals surface area (Å²) in [5, 5.41) is 8.88. The number of aliphatic hydroxyl groups excluding tert-OH is 1. The van der Waals surface area contributed by atoms with E-state index < -0.39 is 11.9 Å². The van der Waals surface area contributed by atoms with Crippen LogP contribution < -0.4 is 9.47 Å². The predicted octanol–water partition coefficient (Wildman–Crippen LogP) is 0.593. The van der Waals surface area contributed by atoms with Crippen LogP contribution in [0.25, 0.3) is 0 Å². The van der Waals surface area contributed by atoms with Gasteiger partial charge in [0.1, 0.15) is 12.5 Å². The van der Waals surface area contributed by atoms with Gasteiger partial charge < -0.3 is 14.6 Å². The Hall–Kier alpha value is -1.55. The molecule has 4 nitrogen and oxygen atoms in total. The highest BCUT2D eigenvalue weighted by molar-refractivity contribution is 5.76. The van der Waals surface area contributed by atoms with Crippen molar-refractivity contribution in [2.24, 2.45) is 5.92 Å². The van der Waals surface area contributed by atoms with E-state index in [1.165, 1.54) is 0 Å². The summed E-state index contributed by atoms with van der Waals surface area (Å²) in [6.07, 6.45) is 0. The Morgan fingerprint density at radius 3 is 2.79 bits per heavy atom. The van der Waals surface area contributed by atoms with Gasteiger partial charge in [0.25, 0.3) is 0 Å². The Morgan fingerprint density at radius 2 is 2.07 bits per heavy atom. The van der Waals surface area contributed by atoms with Crippen LogP contribution in [0.3, 0.4) is 0 Å². The molecule has 1 unspecified atom stereocenters. The van der Waals surface area contributed by atoms with E-state index in [1.54, 1.807) is 24.3 Å². The maximum Gasteiger partial charge on any atom is 0.320 e. The fourth-order valence-corrected chi connectivity index (χ4v) is 1.23. The summed E-state index contributed by atoms with van der Waals surface area (Å²) in [6.45, 7) is -0.0980. The molecule has 0 fully saturated rings. The van der Waals surface area contributed by atoms with Gasteiger partial charge in [-0.25, -0.2) is 0 Å². The molecule has 0 saturated carbocycles. The van der Waals surface area contributed by atoms with Crippen molar-refractivity contribution in [3.8, 4) is 11.5 Å². The second kappa shape index (κ2) is 3.67. The maximum absolute atomic E-state index is 11.3. The van der Waals surface area contributed by atoms with Crippen LogP contribution in [0.15, 0.2) is 24.3 Å². The molecule has 0 aliphatic carbocycles.